The largest absolute Gasteiger partial charge is 0.475 e. The highest BCUT2D eigenvalue weighted by Gasteiger charge is 2.49. The van der Waals surface area contributed by atoms with Crippen LogP contribution in [0.25, 0.3) is 17.0 Å². The molecule has 5 heterocycles. The Kier molecular flexibility index (Phi) is 9.43. The van der Waals surface area contributed by atoms with E-state index in [1.54, 1.807) is 29.3 Å². The van der Waals surface area contributed by atoms with Crippen LogP contribution in [0.1, 0.15) is 56.2 Å². The summed E-state index contributed by atoms with van der Waals surface area (Å²) in [6.45, 7) is 7.45. The van der Waals surface area contributed by atoms with Gasteiger partial charge in [0, 0.05) is 62.4 Å². The second kappa shape index (κ2) is 14.1. The van der Waals surface area contributed by atoms with Gasteiger partial charge in [-0.25, -0.2) is 9.97 Å². The van der Waals surface area contributed by atoms with Gasteiger partial charge in [0.05, 0.1) is 29.2 Å². The molecule has 0 unspecified atom stereocenters. The number of nitrogen functional groups attached to an aromatic ring is 1. The monoisotopic (exact) mass is 688 g/mol. The van der Waals surface area contributed by atoms with Crippen molar-refractivity contribution in [2.45, 2.75) is 45.6 Å². The Balaban J connectivity index is 0.968. The third-order valence-electron chi connectivity index (χ3n) is 10.2. The summed E-state index contributed by atoms with van der Waals surface area (Å²) >= 11 is 0. The van der Waals surface area contributed by atoms with Gasteiger partial charge in [-0.2, -0.15) is 5.10 Å². The molecule has 2 amide bonds. The quantitative estimate of drug-likeness (QED) is 0.202. The highest BCUT2D eigenvalue weighted by atomic mass is 16.5. The molecule has 12 heteroatoms. The zero-order valence-corrected chi connectivity index (χ0v) is 29.6. The molecule has 264 valence electrons. The fraction of sp³-hybridized carbons (Fsp3) is 0.385. The number of carbonyl (C=O) groups excluding carboxylic acids is 2. The second-order valence-electron chi connectivity index (χ2n) is 14.2. The Hall–Kier alpha value is -5.36. The summed E-state index contributed by atoms with van der Waals surface area (Å²) in [6.07, 6.45) is 8.76. The number of hydrogen-bond donors (Lipinski definition) is 2. The van der Waals surface area contributed by atoms with E-state index in [1.165, 1.54) is 5.57 Å². The zero-order chi connectivity index (χ0) is 35.7. The average Bonchev–Trinajstić information content (AvgIpc) is 3.71. The van der Waals surface area contributed by atoms with Crippen molar-refractivity contribution < 1.29 is 19.7 Å². The number of nitrogens with two attached hydrogens (primary N) is 2. The van der Waals surface area contributed by atoms with Crippen molar-refractivity contribution in [1.82, 2.24) is 29.5 Å². The number of aryl methyl sites for hydroxylation is 1. The molecule has 2 saturated heterocycles. The molecule has 2 aromatic heterocycles. The summed E-state index contributed by atoms with van der Waals surface area (Å²) in [5, 5.41) is 11.0. The van der Waals surface area contributed by atoms with Crippen molar-refractivity contribution in [3.63, 3.8) is 0 Å². The van der Waals surface area contributed by atoms with Gasteiger partial charge in [0.2, 0.25) is 23.4 Å². The van der Waals surface area contributed by atoms with E-state index in [1.807, 2.05) is 61.0 Å². The smallest absolute Gasteiger partial charge is 0.237 e. The molecule has 3 aliphatic heterocycles. The highest BCUT2D eigenvalue weighted by molar-refractivity contribution is 6.13. The van der Waals surface area contributed by atoms with E-state index in [4.69, 9.17) is 15.9 Å². The van der Waals surface area contributed by atoms with Gasteiger partial charge in [-0.3, -0.25) is 24.6 Å². The van der Waals surface area contributed by atoms with Gasteiger partial charge in [0.25, 0.3) is 0 Å². The minimum Gasteiger partial charge on any atom is -0.475 e. The number of benzene rings is 2. The van der Waals surface area contributed by atoms with Crippen LogP contribution in [0.4, 0.5) is 11.4 Å². The number of likely N-dealkylation sites (tertiary alicyclic amines) is 1. The zero-order valence-electron chi connectivity index (χ0n) is 29.6. The summed E-state index contributed by atoms with van der Waals surface area (Å²) in [7, 11) is 1.86. The Morgan fingerprint density at radius 1 is 1.02 bits per heavy atom. The molecule has 0 saturated carbocycles. The molecule has 2 fully saturated rings. The molecule has 1 atom stereocenters. The Morgan fingerprint density at radius 2 is 1.82 bits per heavy atom. The first kappa shape index (κ1) is 34.1. The van der Waals surface area contributed by atoms with Crippen molar-refractivity contribution in [1.29, 1.82) is 0 Å². The van der Waals surface area contributed by atoms with Crippen LogP contribution in [0.3, 0.4) is 0 Å². The Morgan fingerprint density at radius 3 is 2.51 bits per heavy atom. The maximum absolute atomic E-state index is 14.1. The number of ether oxygens (including phenoxy) is 1. The summed E-state index contributed by atoms with van der Waals surface area (Å²) in [6, 6.07) is 17.5. The first-order valence-electron chi connectivity index (χ1n) is 17.7. The Labute approximate surface area is 298 Å². The molecule has 2 aromatic carbocycles. The molecule has 12 nitrogen and oxygen atoms in total. The number of nitrogens with zero attached hydrogens (tertiary/aromatic N) is 7. The SMILES string of the molecule is CC(C)Oc1ccc(C(=[NH2+])c2cc(N3CC[C@]4(CCCN(CC(=O)N5CC=C(c6ccc(-c7ncn(C)n7)cc6)CC5)C4)C3=O)ccc2N)cn1. The first-order valence-corrected chi connectivity index (χ1v) is 17.7. The summed E-state index contributed by atoms with van der Waals surface area (Å²) in [5.41, 5.74) is 12.4. The van der Waals surface area contributed by atoms with Crippen molar-refractivity contribution in [3.8, 4) is 17.3 Å². The molecular formula is C39H46N9O3+. The van der Waals surface area contributed by atoms with Gasteiger partial charge >= 0.3 is 0 Å². The molecule has 0 radical (unpaired) electrons. The number of rotatable bonds is 9. The lowest BCUT2D eigenvalue weighted by Crippen LogP contribution is -2.51. The lowest BCUT2D eigenvalue weighted by atomic mass is 9.78. The molecular weight excluding hydrogens is 642 g/mol. The highest BCUT2D eigenvalue weighted by Crippen LogP contribution is 2.42. The van der Waals surface area contributed by atoms with Crippen molar-refractivity contribution in [2.24, 2.45) is 12.5 Å². The van der Waals surface area contributed by atoms with Gasteiger partial charge < -0.3 is 20.3 Å². The van der Waals surface area contributed by atoms with Crippen LogP contribution in [0, 0.1) is 5.41 Å². The standard InChI is InChI=1S/C39H45N9O3/c1-26(2)51-34-12-9-30(22-42-34)36(41)32-21-31(10-11-33(32)40)48-20-16-39(38(48)50)15-4-17-46(24-39)23-35(49)47-18-13-28(14-19-47)27-5-7-29(8-6-27)37-43-25-45(3)44-37/h5-13,21-22,25-26,41H,4,14-20,23-24,40H2,1-3H3/p+1/t39-/m0/s1. The van der Waals surface area contributed by atoms with Gasteiger partial charge in [-0.15, -0.1) is 0 Å². The second-order valence-corrected chi connectivity index (χ2v) is 14.2. The normalized spacial score (nSPS) is 19.5. The number of piperidine rings is 1. The van der Waals surface area contributed by atoms with E-state index in [-0.39, 0.29) is 17.9 Å². The molecule has 7 rings (SSSR count). The molecule has 3 aliphatic rings. The maximum Gasteiger partial charge on any atom is 0.237 e. The van der Waals surface area contributed by atoms with E-state index in [2.05, 4.69) is 38.2 Å². The molecule has 51 heavy (non-hydrogen) atoms. The lowest BCUT2D eigenvalue weighted by Gasteiger charge is -2.39. The summed E-state index contributed by atoms with van der Waals surface area (Å²) in [5.74, 6) is 1.44. The van der Waals surface area contributed by atoms with Crippen molar-refractivity contribution >= 4 is 34.5 Å². The van der Waals surface area contributed by atoms with E-state index in [0.29, 0.717) is 61.4 Å². The van der Waals surface area contributed by atoms with Crippen LogP contribution in [-0.2, 0) is 16.6 Å². The van der Waals surface area contributed by atoms with Crippen LogP contribution < -0.4 is 20.8 Å². The molecule has 0 bridgehead atoms. The minimum atomic E-state index is -0.516. The van der Waals surface area contributed by atoms with E-state index in [9.17, 15) is 9.59 Å². The fourth-order valence-electron chi connectivity index (χ4n) is 7.51. The summed E-state index contributed by atoms with van der Waals surface area (Å²) < 4.78 is 7.36. The van der Waals surface area contributed by atoms with Crippen LogP contribution >= 0.6 is 0 Å². The predicted octanol–water partition coefficient (Wildman–Crippen LogP) is 2.98. The number of carbonyl (C=O) groups is 2. The number of amides is 2. The molecule has 0 aliphatic carbocycles. The number of pyridine rings is 1. The van der Waals surface area contributed by atoms with Crippen molar-refractivity contribution in [2.75, 3.05) is 49.9 Å². The van der Waals surface area contributed by atoms with E-state index >= 15 is 0 Å². The number of aromatic nitrogens is 4. The van der Waals surface area contributed by atoms with Crippen LogP contribution in [0.2, 0.25) is 0 Å². The third kappa shape index (κ3) is 7.14. The van der Waals surface area contributed by atoms with Gasteiger partial charge in [-0.1, -0.05) is 30.3 Å². The number of anilines is 2. The fourth-order valence-corrected chi connectivity index (χ4v) is 7.51. The van der Waals surface area contributed by atoms with Gasteiger partial charge in [-0.05, 0) is 81.5 Å². The summed E-state index contributed by atoms with van der Waals surface area (Å²) in [4.78, 5) is 42.3. The predicted molar refractivity (Wildman–Crippen MR) is 197 cm³/mol. The topological polar surface area (TPSA) is 148 Å². The van der Waals surface area contributed by atoms with Crippen LogP contribution in [0.5, 0.6) is 5.88 Å². The van der Waals surface area contributed by atoms with Crippen LogP contribution in [0.15, 0.2) is 73.2 Å². The average molecular weight is 689 g/mol. The van der Waals surface area contributed by atoms with Gasteiger partial charge in [0.1, 0.15) is 6.33 Å². The first-order chi connectivity index (χ1) is 24.6. The minimum absolute atomic E-state index is 0.0169. The Bertz CT molecular complexity index is 1970. The van der Waals surface area contributed by atoms with E-state index in [0.717, 1.165) is 54.6 Å². The van der Waals surface area contributed by atoms with E-state index < -0.39 is 5.41 Å². The molecule has 4 N–H and O–H groups in total. The van der Waals surface area contributed by atoms with Crippen molar-refractivity contribution in [3.05, 3.63) is 89.9 Å². The molecule has 1 spiro atoms. The van der Waals surface area contributed by atoms with Gasteiger partial charge in [0.15, 0.2) is 5.82 Å². The third-order valence-corrected chi connectivity index (χ3v) is 10.2. The molecule has 4 aromatic rings. The van der Waals surface area contributed by atoms with Crippen LogP contribution in [-0.4, -0.2) is 92.4 Å². The lowest BCUT2D eigenvalue weighted by molar-refractivity contribution is -0.135. The number of hydrogen-bond acceptors (Lipinski definition) is 8. The maximum atomic E-state index is 14.1.